The van der Waals surface area contributed by atoms with Gasteiger partial charge in [-0.05, 0) is 23.8 Å². The van der Waals surface area contributed by atoms with Crippen LogP contribution in [-0.4, -0.2) is 19.6 Å². The van der Waals surface area contributed by atoms with E-state index in [1.165, 1.54) is 6.07 Å². The fourth-order valence-corrected chi connectivity index (χ4v) is 2.69. The summed E-state index contributed by atoms with van der Waals surface area (Å²) in [5, 5.41) is 7.60. The molecule has 26 heavy (non-hydrogen) atoms. The number of nitrogens with zero attached hydrogens (tertiary/aromatic N) is 4. The van der Waals surface area contributed by atoms with Crippen LogP contribution in [0.15, 0.2) is 61.1 Å². The van der Waals surface area contributed by atoms with E-state index in [1.807, 2.05) is 12.1 Å². The van der Waals surface area contributed by atoms with Crippen molar-refractivity contribution in [3.05, 3.63) is 78.0 Å². The van der Waals surface area contributed by atoms with Crippen LogP contribution in [0, 0.1) is 18.2 Å². The number of fused-ring (bicyclic) bond motifs is 1. The highest BCUT2D eigenvalue weighted by Gasteiger charge is 2.13. The summed E-state index contributed by atoms with van der Waals surface area (Å²) in [7, 11) is 0. The molecule has 0 amide bonds. The number of benzene rings is 1. The van der Waals surface area contributed by atoms with E-state index in [-0.39, 0.29) is 5.82 Å². The average molecular weight is 343 g/mol. The number of hydrogen-bond acceptors (Lipinski definition) is 4. The molecule has 0 fully saturated rings. The largest absolute Gasteiger partial charge is 0.366 e. The maximum Gasteiger partial charge on any atom is 0.173 e. The third kappa shape index (κ3) is 2.87. The van der Waals surface area contributed by atoms with Gasteiger partial charge in [-0.3, -0.25) is 4.98 Å². The Balaban J connectivity index is 1.82. The number of anilines is 1. The van der Waals surface area contributed by atoms with Gasteiger partial charge in [-0.1, -0.05) is 24.1 Å². The van der Waals surface area contributed by atoms with Crippen molar-refractivity contribution in [3.63, 3.8) is 0 Å². The Kier molecular flexibility index (Phi) is 4.04. The number of hydrogen-bond donors (Lipinski definition) is 1. The Morgan fingerprint density at radius 1 is 1.15 bits per heavy atom. The van der Waals surface area contributed by atoms with E-state index in [1.54, 1.807) is 47.4 Å². The zero-order valence-electron chi connectivity index (χ0n) is 13.7. The van der Waals surface area contributed by atoms with Gasteiger partial charge in [0.15, 0.2) is 5.65 Å². The smallest absolute Gasteiger partial charge is 0.173 e. The molecular weight excluding hydrogens is 329 g/mol. The summed E-state index contributed by atoms with van der Waals surface area (Å²) in [6.45, 7) is 0.537. The van der Waals surface area contributed by atoms with Crippen LogP contribution < -0.4 is 5.32 Å². The number of aromatic nitrogens is 4. The summed E-state index contributed by atoms with van der Waals surface area (Å²) in [6.07, 6.45) is 10.6. The number of rotatable bonds is 4. The molecule has 0 bridgehead atoms. The SMILES string of the molecule is C#Cc1cnn2c(NCc3cccnc3)cc(-c3ccccc3F)nc12. The van der Waals surface area contributed by atoms with Crippen LogP contribution in [0.5, 0.6) is 0 Å². The molecule has 0 saturated heterocycles. The highest BCUT2D eigenvalue weighted by Crippen LogP contribution is 2.25. The maximum atomic E-state index is 14.2. The predicted molar refractivity (Wildman–Crippen MR) is 97.9 cm³/mol. The molecule has 4 aromatic rings. The summed E-state index contributed by atoms with van der Waals surface area (Å²) in [4.78, 5) is 8.62. The molecule has 0 spiro atoms. The summed E-state index contributed by atoms with van der Waals surface area (Å²) in [5.74, 6) is 2.89. The van der Waals surface area contributed by atoms with E-state index in [4.69, 9.17) is 6.42 Å². The Morgan fingerprint density at radius 2 is 2.04 bits per heavy atom. The van der Waals surface area contributed by atoms with E-state index >= 15 is 0 Å². The Hall–Kier alpha value is -3.72. The number of pyridine rings is 1. The number of terminal acetylenes is 1. The molecule has 5 nitrogen and oxygen atoms in total. The third-order valence-electron chi connectivity index (χ3n) is 3.97. The van der Waals surface area contributed by atoms with Gasteiger partial charge in [0.05, 0.1) is 17.5 Å². The minimum atomic E-state index is -0.343. The molecule has 0 aliphatic rings. The van der Waals surface area contributed by atoms with Crippen molar-refractivity contribution in [1.29, 1.82) is 0 Å². The van der Waals surface area contributed by atoms with Crippen LogP contribution in [0.1, 0.15) is 11.1 Å². The standard InChI is InChI=1S/C20H14FN5/c1-2-15-13-24-26-19(23-12-14-6-5-9-22-11-14)10-18(25-20(15)26)16-7-3-4-8-17(16)21/h1,3-11,13,23H,12H2. The van der Waals surface area contributed by atoms with Crippen molar-refractivity contribution < 1.29 is 4.39 Å². The van der Waals surface area contributed by atoms with E-state index < -0.39 is 0 Å². The lowest BCUT2D eigenvalue weighted by atomic mass is 10.1. The zero-order chi connectivity index (χ0) is 17.9. The summed E-state index contributed by atoms with van der Waals surface area (Å²) < 4.78 is 15.9. The number of nitrogens with one attached hydrogen (secondary N) is 1. The van der Waals surface area contributed by atoms with Crippen molar-refractivity contribution in [2.75, 3.05) is 5.32 Å². The molecule has 4 rings (SSSR count). The van der Waals surface area contributed by atoms with Crippen LogP contribution in [-0.2, 0) is 6.54 Å². The fourth-order valence-electron chi connectivity index (χ4n) is 2.69. The van der Waals surface area contributed by atoms with Gasteiger partial charge in [0.2, 0.25) is 0 Å². The van der Waals surface area contributed by atoms with Gasteiger partial charge in [0.1, 0.15) is 11.6 Å². The molecule has 1 aromatic carbocycles. The normalized spacial score (nSPS) is 10.6. The van der Waals surface area contributed by atoms with Crippen molar-refractivity contribution in [3.8, 4) is 23.6 Å². The number of halogens is 1. The zero-order valence-corrected chi connectivity index (χ0v) is 13.7. The van der Waals surface area contributed by atoms with Gasteiger partial charge < -0.3 is 5.32 Å². The molecule has 0 aliphatic heterocycles. The lowest BCUT2D eigenvalue weighted by Gasteiger charge is -2.11. The second-order valence-electron chi connectivity index (χ2n) is 5.66. The van der Waals surface area contributed by atoms with Gasteiger partial charge in [0.25, 0.3) is 0 Å². The van der Waals surface area contributed by atoms with Crippen LogP contribution in [0.2, 0.25) is 0 Å². The molecule has 0 radical (unpaired) electrons. The third-order valence-corrected chi connectivity index (χ3v) is 3.97. The molecule has 3 heterocycles. The van der Waals surface area contributed by atoms with Crippen molar-refractivity contribution in [2.24, 2.45) is 0 Å². The second kappa shape index (κ2) is 6.65. The molecule has 0 unspecified atom stereocenters. The van der Waals surface area contributed by atoms with Crippen LogP contribution in [0.4, 0.5) is 10.2 Å². The average Bonchev–Trinajstić information content (AvgIpc) is 3.10. The van der Waals surface area contributed by atoms with Gasteiger partial charge in [-0.15, -0.1) is 6.42 Å². The minimum Gasteiger partial charge on any atom is -0.366 e. The second-order valence-corrected chi connectivity index (χ2v) is 5.66. The first-order valence-electron chi connectivity index (χ1n) is 7.99. The Morgan fingerprint density at radius 3 is 2.81 bits per heavy atom. The van der Waals surface area contributed by atoms with Crippen molar-refractivity contribution in [1.82, 2.24) is 19.6 Å². The van der Waals surface area contributed by atoms with Crippen LogP contribution >= 0.6 is 0 Å². The molecule has 0 saturated carbocycles. The molecular formula is C20H14FN5. The van der Waals surface area contributed by atoms with Gasteiger partial charge in [0, 0.05) is 30.6 Å². The molecule has 126 valence electrons. The highest BCUT2D eigenvalue weighted by molar-refractivity contribution is 5.69. The first kappa shape index (κ1) is 15.8. The molecule has 0 atom stereocenters. The van der Waals surface area contributed by atoms with Crippen molar-refractivity contribution >= 4 is 11.5 Å². The quantitative estimate of drug-likeness (QED) is 0.576. The lowest BCUT2D eigenvalue weighted by Crippen LogP contribution is -2.07. The first-order chi connectivity index (χ1) is 12.8. The van der Waals surface area contributed by atoms with Crippen LogP contribution in [0.3, 0.4) is 0 Å². The lowest BCUT2D eigenvalue weighted by molar-refractivity contribution is 0.630. The summed E-state index contributed by atoms with van der Waals surface area (Å²) in [6, 6.07) is 12.1. The van der Waals surface area contributed by atoms with E-state index in [0.717, 1.165) is 5.56 Å². The van der Waals surface area contributed by atoms with E-state index in [9.17, 15) is 4.39 Å². The van der Waals surface area contributed by atoms with Gasteiger partial charge >= 0.3 is 0 Å². The highest BCUT2D eigenvalue weighted by atomic mass is 19.1. The maximum absolute atomic E-state index is 14.2. The molecule has 1 N–H and O–H groups in total. The summed E-state index contributed by atoms with van der Waals surface area (Å²) in [5.41, 5.74) is 2.95. The predicted octanol–water partition coefficient (Wildman–Crippen LogP) is 3.52. The Labute approximate surface area is 149 Å². The Bertz CT molecular complexity index is 1110. The van der Waals surface area contributed by atoms with Crippen molar-refractivity contribution in [2.45, 2.75) is 6.54 Å². The van der Waals surface area contributed by atoms with Crippen LogP contribution in [0.25, 0.3) is 16.9 Å². The van der Waals surface area contributed by atoms with Gasteiger partial charge in [-0.2, -0.15) is 9.61 Å². The molecule has 6 heteroatoms. The van der Waals surface area contributed by atoms with E-state index in [2.05, 4.69) is 26.3 Å². The first-order valence-corrected chi connectivity index (χ1v) is 7.99. The molecule has 3 aromatic heterocycles. The topological polar surface area (TPSA) is 55.1 Å². The summed E-state index contributed by atoms with van der Waals surface area (Å²) >= 11 is 0. The molecule has 0 aliphatic carbocycles. The van der Waals surface area contributed by atoms with E-state index in [0.29, 0.717) is 34.8 Å². The monoisotopic (exact) mass is 343 g/mol. The van der Waals surface area contributed by atoms with Gasteiger partial charge in [-0.25, -0.2) is 9.37 Å². The minimum absolute atomic E-state index is 0.343. The fraction of sp³-hybridized carbons (Fsp3) is 0.0500.